The molecule has 0 bridgehead atoms. The zero-order valence-corrected chi connectivity index (χ0v) is 19.6. The van der Waals surface area contributed by atoms with Crippen molar-refractivity contribution in [1.29, 1.82) is 0 Å². The van der Waals surface area contributed by atoms with E-state index in [1.807, 2.05) is 24.3 Å². The number of esters is 1. The summed E-state index contributed by atoms with van der Waals surface area (Å²) in [5, 5.41) is 3.18. The molecule has 2 aromatic heterocycles. The van der Waals surface area contributed by atoms with Gasteiger partial charge in [-0.15, -0.1) is 0 Å². The number of para-hydroxylation sites is 1. The molecule has 0 unspecified atom stereocenters. The number of halogens is 1. The molecule has 9 heteroatoms. The van der Waals surface area contributed by atoms with Gasteiger partial charge in [0.1, 0.15) is 18.0 Å². The summed E-state index contributed by atoms with van der Waals surface area (Å²) in [6, 6.07) is 18.6. The molecule has 8 nitrogen and oxygen atoms in total. The van der Waals surface area contributed by atoms with Gasteiger partial charge >= 0.3 is 5.97 Å². The van der Waals surface area contributed by atoms with E-state index in [0.717, 1.165) is 11.3 Å². The second-order valence-corrected chi connectivity index (χ2v) is 8.12. The number of aryl methyl sites for hydroxylation is 1. The molecule has 2 heterocycles. The number of fused-ring (bicyclic) bond motifs is 1. The van der Waals surface area contributed by atoms with E-state index in [2.05, 4.69) is 10.3 Å². The lowest BCUT2D eigenvalue weighted by atomic mass is 10.1. The molecule has 0 atom stereocenters. The van der Waals surface area contributed by atoms with Gasteiger partial charge in [0.2, 0.25) is 5.91 Å². The smallest absolute Gasteiger partial charge is 0.340 e. The van der Waals surface area contributed by atoms with Gasteiger partial charge in [0.05, 0.1) is 29.1 Å². The third kappa shape index (κ3) is 6.04. The van der Waals surface area contributed by atoms with Crippen molar-refractivity contribution in [3.8, 4) is 5.75 Å². The van der Waals surface area contributed by atoms with E-state index in [1.165, 1.54) is 16.7 Å². The van der Waals surface area contributed by atoms with E-state index in [1.54, 1.807) is 43.5 Å². The minimum absolute atomic E-state index is 0.201. The average Bonchev–Trinajstić information content (AvgIpc) is 2.87. The number of nitrogens with zero attached hydrogens (tertiary/aromatic N) is 2. The summed E-state index contributed by atoms with van der Waals surface area (Å²) in [5.74, 6) is -0.128. The zero-order chi connectivity index (χ0) is 24.8. The van der Waals surface area contributed by atoms with Crippen LogP contribution >= 0.6 is 11.6 Å². The van der Waals surface area contributed by atoms with Crippen LogP contribution in [0.2, 0.25) is 5.02 Å². The van der Waals surface area contributed by atoms with Crippen molar-refractivity contribution >= 4 is 34.8 Å². The Morgan fingerprint density at radius 2 is 1.83 bits per heavy atom. The Bertz CT molecular complexity index is 1430. The molecule has 178 valence electrons. The zero-order valence-electron chi connectivity index (χ0n) is 18.9. The second-order valence-electron chi connectivity index (χ2n) is 7.68. The van der Waals surface area contributed by atoms with E-state index in [-0.39, 0.29) is 30.1 Å². The van der Waals surface area contributed by atoms with Gasteiger partial charge in [-0.2, -0.15) is 0 Å². The van der Waals surface area contributed by atoms with Crippen LogP contribution in [-0.4, -0.2) is 28.4 Å². The Labute approximate surface area is 206 Å². The fourth-order valence-corrected chi connectivity index (χ4v) is 3.61. The Hall–Kier alpha value is -4.17. The number of pyridine rings is 1. The number of hydrogen-bond acceptors (Lipinski definition) is 6. The van der Waals surface area contributed by atoms with Crippen LogP contribution in [0.15, 0.2) is 77.7 Å². The van der Waals surface area contributed by atoms with Gasteiger partial charge in [-0.1, -0.05) is 35.9 Å². The molecule has 0 radical (unpaired) electrons. The number of carbonyl (C=O) groups is 2. The molecular weight excluding hydrogens is 470 g/mol. The average molecular weight is 492 g/mol. The van der Waals surface area contributed by atoms with Crippen LogP contribution in [-0.2, 0) is 22.6 Å². The first-order valence-electron chi connectivity index (χ1n) is 10.8. The lowest BCUT2D eigenvalue weighted by Gasteiger charge is -2.11. The van der Waals surface area contributed by atoms with Gasteiger partial charge in [-0.3, -0.25) is 14.0 Å². The summed E-state index contributed by atoms with van der Waals surface area (Å²) in [5.41, 5.74) is 1.89. The SMILES string of the molecule is COc1ccc(CCC(=O)Nc2ccccc2C(=O)OCc2cc(=O)n3cc(Cl)ccc3n2)cc1. The third-order valence-electron chi connectivity index (χ3n) is 5.25. The lowest BCUT2D eigenvalue weighted by Crippen LogP contribution is -2.18. The highest BCUT2D eigenvalue weighted by atomic mass is 35.5. The minimum atomic E-state index is -0.644. The first-order valence-corrected chi connectivity index (χ1v) is 11.2. The molecule has 0 fully saturated rings. The van der Waals surface area contributed by atoms with Gasteiger partial charge in [0, 0.05) is 18.7 Å². The number of benzene rings is 2. The number of amides is 1. The summed E-state index contributed by atoms with van der Waals surface area (Å²) in [6.45, 7) is -0.201. The van der Waals surface area contributed by atoms with Crippen LogP contribution in [0.1, 0.15) is 28.0 Å². The molecule has 0 aliphatic heterocycles. The van der Waals surface area contributed by atoms with E-state index < -0.39 is 5.97 Å². The Morgan fingerprint density at radius 3 is 2.60 bits per heavy atom. The minimum Gasteiger partial charge on any atom is -0.497 e. The van der Waals surface area contributed by atoms with Gasteiger partial charge in [-0.05, 0) is 48.4 Å². The summed E-state index contributed by atoms with van der Waals surface area (Å²) in [4.78, 5) is 41.9. The monoisotopic (exact) mass is 491 g/mol. The topological polar surface area (TPSA) is 99.0 Å². The van der Waals surface area contributed by atoms with Crippen LogP contribution < -0.4 is 15.6 Å². The largest absolute Gasteiger partial charge is 0.497 e. The Kier molecular flexibility index (Phi) is 7.42. The Morgan fingerprint density at radius 1 is 1.06 bits per heavy atom. The first kappa shape index (κ1) is 24.0. The lowest BCUT2D eigenvalue weighted by molar-refractivity contribution is -0.116. The van der Waals surface area contributed by atoms with Crippen molar-refractivity contribution in [3.63, 3.8) is 0 Å². The second kappa shape index (κ2) is 10.8. The predicted molar refractivity (Wildman–Crippen MR) is 132 cm³/mol. The maximum absolute atomic E-state index is 12.7. The molecule has 4 rings (SSSR count). The molecule has 0 spiro atoms. The van der Waals surface area contributed by atoms with Crippen LogP contribution in [0, 0.1) is 0 Å². The van der Waals surface area contributed by atoms with E-state index >= 15 is 0 Å². The number of aromatic nitrogens is 2. The highest BCUT2D eigenvalue weighted by Crippen LogP contribution is 2.18. The van der Waals surface area contributed by atoms with Gasteiger partial charge < -0.3 is 14.8 Å². The normalized spacial score (nSPS) is 10.7. The van der Waals surface area contributed by atoms with Crippen molar-refractivity contribution in [2.75, 3.05) is 12.4 Å². The summed E-state index contributed by atoms with van der Waals surface area (Å²) < 4.78 is 11.8. The molecule has 2 aromatic carbocycles. The predicted octanol–water partition coefficient (Wildman–Crippen LogP) is 4.28. The summed E-state index contributed by atoms with van der Waals surface area (Å²) >= 11 is 5.92. The summed E-state index contributed by atoms with van der Waals surface area (Å²) in [6.07, 6.45) is 2.25. The van der Waals surface area contributed by atoms with Crippen molar-refractivity contribution in [2.24, 2.45) is 0 Å². The molecule has 0 saturated heterocycles. The van der Waals surface area contributed by atoms with Crippen LogP contribution in [0.3, 0.4) is 0 Å². The highest BCUT2D eigenvalue weighted by molar-refractivity contribution is 6.30. The summed E-state index contributed by atoms with van der Waals surface area (Å²) in [7, 11) is 1.60. The molecule has 0 aliphatic carbocycles. The maximum atomic E-state index is 12.7. The number of hydrogen-bond donors (Lipinski definition) is 1. The third-order valence-corrected chi connectivity index (χ3v) is 5.47. The van der Waals surface area contributed by atoms with Gasteiger partial charge in [0.15, 0.2) is 0 Å². The number of methoxy groups -OCH3 is 1. The maximum Gasteiger partial charge on any atom is 0.340 e. The molecular formula is C26H22ClN3O5. The van der Waals surface area contributed by atoms with Crippen LogP contribution in [0.4, 0.5) is 5.69 Å². The van der Waals surface area contributed by atoms with E-state index in [9.17, 15) is 14.4 Å². The molecule has 1 N–H and O–H groups in total. The molecule has 0 saturated carbocycles. The number of carbonyl (C=O) groups excluding carboxylic acids is 2. The van der Waals surface area contributed by atoms with Crippen LogP contribution in [0.25, 0.3) is 5.65 Å². The molecule has 0 aliphatic rings. The van der Waals surface area contributed by atoms with Crippen molar-refractivity contribution in [3.05, 3.63) is 105 Å². The highest BCUT2D eigenvalue weighted by Gasteiger charge is 2.15. The fraction of sp³-hybridized carbons (Fsp3) is 0.154. The Balaban J connectivity index is 1.39. The van der Waals surface area contributed by atoms with Gasteiger partial charge in [-0.25, -0.2) is 9.78 Å². The first-order chi connectivity index (χ1) is 16.9. The quantitative estimate of drug-likeness (QED) is 0.369. The molecule has 35 heavy (non-hydrogen) atoms. The van der Waals surface area contributed by atoms with Gasteiger partial charge in [0.25, 0.3) is 5.56 Å². The molecule has 1 amide bonds. The number of rotatable bonds is 8. The van der Waals surface area contributed by atoms with Crippen LogP contribution in [0.5, 0.6) is 5.75 Å². The van der Waals surface area contributed by atoms with Crippen molar-refractivity contribution < 1.29 is 19.1 Å². The fourth-order valence-electron chi connectivity index (χ4n) is 3.45. The van der Waals surface area contributed by atoms with Crippen molar-refractivity contribution in [1.82, 2.24) is 9.38 Å². The standard InChI is InChI=1S/C26H22ClN3O5/c1-34-20-10-6-17(7-11-20)8-13-24(31)29-22-5-3-2-4-21(22)26(33)35-16-19-14-25(32)30-15-18(27)9-12-23(30)28-19/h2-7,9-12,14-15H,8,13,16H2,1H3,(H,29,31). The van der Waals surface area contributed by atoms with E-state index in [0.29, 0.717) is 28.5 Å². The number of anilines is 1. The number of ether oxygens (including phenoxy) is 2. The molecule has 4 aromatic rings. The number of nitrogens with one attached hydrogen (secondary N) is 1. The van der Waals surface area contributed by atoms with E-state index in [4.69, 9.17) is 21.1 Å². The van der Waals surface area contributed by atoms with Crippen molar-refractivity contribution in [2.45, 2.75) is 19.4 Å².